The maximum Gasteiger partial charge on any atom is 0.226 e. The Morgan fingerprint density at radius 2 is 1.79 bits per heavy atom. The first-order valence-electron chi connectivity index (χ1n) is 9.89. The van der Waals surface area contributed by atoms with E-state index in [1.165, 1.54) is 37.8 Å². The van der Waals surface area contributed by atoms with Gasteiger partial charge in [0.25, 0.3) is 0 Å². The fourth-order valence-electron chi connectivity index (χ4n) is 4.19. The van der Waals surface area contributed by atoms with Crippen molar-refractivity contribution in [1.82, 2.24) is 14.9 Å². The molecule has 0 amide bonds. The Labute approximate surface area is 147 Å². The minimum Gasteiger partial charge on any atom is -0.332 e. The molecule has 0 N–H and O–H groups in total. The molecule has 2 unspecified atom stereocenters. The number of anilines is 1. The van der Waals surface area contributed by atoms with Crippen molar-refractivity contribution in [2.75, 3.05) is 18.0 Å². The molecule has 1 aromatic rings. The number of likely N-dealkylation sites (tertiary alicyclic amines) is 1. The van der Waals surface area contributed by atoms with E-state index in [1.54, 1.807) is 0 Å². The standard InChI is InChI=1S/C20H34N4/c1-15(2)7-5-6-8-17-11-12-21-20(22-17)24-18-9-10-19(24)14-23(13-18)16(3)4/h11-12,15-16,18-19H,5-10,13-14H2,1-4H3. The summed E-state index contributed by atoms with van der Waals surface area (Å²) in [5.41, 5.74) is 1.22. The molecule has 0 radical (unpaired) electrons. The number of unbranched alkanes of at least 4 members (excludes halogenated alkanes) is 1. The van der Waals surface area contributed by atoms with Crippen LogP contribution in [0.2, 0.25) is 0 Å². The molecule has 134 valence electrons. The maximum atomic E-state index is 4.92. The third-order valence-corrected chi connectivity index (χ3v) is 5.64. The highest BCUT2D eigenvalue weighted by Crippen LogP contribution is 2.33. The Morgan fingerprint density at radius 1 is 1.08 bits per heavy atom. The quantitative estimate of drug-likeness (QED) is 0.710. The Hall–Kier alpha value is -1.16. The molecule has 3 heterocycles. The normalized spacial score (nSPS) is 24.3. The third-order valence-electron chi connectivity index (χ3n) is 5.64. The molecule has 0 aromatic carbocycles. The van der Waals surface area contributed by atoms with Gasteiger partial charge in [-0.3, -0.25) is 4.90 Å². The summed E-state index contributed by atoms with van der Waals surface area (Å²) in [6, 6.07) is 3.94. The van der Waals surface area contributed by atoms with Crippen LogP contribution in [0, 0.1) is 5.92 Å². The second-order valence-electron chi connectivity index (χ2n) is 8.33. The van der Waals surface area contributed by atoms with E-state index >= 15 is 0 Å². The summed E-state index contributed by atoms with van der Waals surface area (Å²) in [5.74, 6) is 1.78. The van der Waals surface area contributed by atoms with Crippen molar-refractivity contribution in [2.45, 2.75) is 84.3 Å². The number of fused-ring (bicyclic) bond motifs is 2. The molecule has 2 aliphatic rings. The van der Waals surface area contributed by atoms with Crippen LogP contribution in [0.4, 0.5) is 5.95 Å². The number of aromatic nitrogens is 2. The van der Waals surface area contributed by atoms with Crippen molar-refractivity contribution in [3.05, 3.63) is 18.0 Å². The summed E-state index contributed by atoms with van der Waals surface area (Å²) in [6.07, 6.45) is 9.49. The van der Waals surface area contributed by atoms with Crippen molar-refractivity contribution in [1.29, 1.82) is 0 Å². The van der Waals surface area contributed by atoms with Gasteiger partial charge in [-0.15, -0.1) is 0 Å². The molecule has 0 saturated carbocycles. The molecule has 2 bridgehead atoms. The average molecular weight is 331 g/mol. The number of rotatable bonds is 7. The smallest absolute Gasteiger partial charge is 0.226 e. The largest absolute Gasteiger partial charge is 0.332 e. The number of aryl methyl sites for hydroxylation is 1. The molecule has 4 heteroatoms. The molecular weight excluding hydrogens is 296 g/mol. The third kappa shape index (κ3) is 4.08. The number of hydrogen-bond acceptors (Lipinski definition) is 4. The zero-order valence-corrected chi connectivity index (χ0v) is 15.9. The molecule has 0 aliphatic carbocycles. The highest BCUT2D eigenvalue weighted by atomic mass is 15.4. The minimum atomic E-state index is 0.599. The van der Waals surface area contributed by atoms with Crippen LogP contribution in [-0.4, -0.2) is 46.1 Å². The van der Waals surface area contributed by atoms with Crippen molar-refractivity contribution >= 4 is 5.95 Å². The van der Waals surface area contributed by atoms with Gasteiger partial charge in [0.2, 0.25) is 5.95 Å². The van der Waals surface area contributed by atoms with E-state index in [4.69, 9.17) is 4.98 Å². The molecule has 2 aliphatic heterocycles. The van der Waals surface area contributed by atoms with Crippen LogP contribution in [0.15, 0.2) is 12.3 Å². The van der Waals surface area contributed by atoms with Gasteiger partial charge >= 0.3 is 0 Å². The van der Waals surface area contributed by atoms with E-state index in [2.05, 4.69) is 48.5 Å². The highest BCUT2D eigenvalue weighted by Gasteiger charge is 2.41. The van der Waals surface area contributed by atoms with Crippen molar-refractivity contribution in [3.63, 3.8) is 0 Å². The summed E-state index contributed by atoms with van der Waals surface area (Å²) in [6.45, 7) is 11.5. The monoisotopic (exact) mass is 330 g/mol. The predicted octanol–water partition coefficient (Wildman–Crippen LogP) is 3.91. The summed E-state index contributed by atoms with van der Waals surface area (Å²) >= 11 is 0. The SMILES string of the molecule is CC(C)CCCCc1ccnc(N2C3CCC2CN(C(C)C)C3)n1. The van der Waals surface area contributed by atoms with Crippen LogP contribution in [0.5, 0.6) is 0 Å². The van der Waals surface area contributed by atoms with Crippen LogP contribution in [0.1, 0.15) is 65.5 Å². The first-order valence-corrected chi connectivity index (χ1v) is 9.89. The lowest BCUT2D eigenvalue weighted by Gasteiger charge is -2.42. The number of piperazine rings is 1. The molecule has 2 fully saturated rings. The summed E-state index contributed by atoms with van der Waals surface area (Å²) in [7, 11) is 0. The maximum absolute atomic E-state index is 4.92. The zero-order chi connectivity index (χ0) is 17.1. The fraction of sp³-hybridized carbons (Fsp3) is 0.800. The molecule has 3 rings (SSSR count). The van der Waals surface area contributed by atoms with Crippen molar-refractivity contribution in [3.8, 4) is 0 Å². The van der Waals surface area contributed by atoms with Crippen molar-refractivity contribution in [2.24, 2.45) is 5.92 Å². The van der Waals surface area contributed by atoms with Crippen LogP contribution in [-0.2, 0) is 6.42 Å². The Kier molecular flexibility index (Phi) is 5.75. The Balaban J connectivity index is 1.62. The lowest BCUT2D eigenvalue weighted by molar-refractivity contribution is 0.176. The van der Waals surface area contributed by atoms with E-state index in [1.807, 2.05) is 6.20 Å². The van der Waals surface area contributed by atoms with Gasteiger partial charge in [0, 0.05) is 43.1 Å². The first-order chi connectivity index (χ1) is 11.5. The van der Waals surface area contributed by atoms with E-state index in [0.717, 1.165) is 31.4 Å². The lowest BCUT2D eigenvalue weighted by atomic mass is 10.0. The average Bonchev–Trinajstić information content (AvgIpc) is 2.81. The van der Waals surface area contributed by atoms with Gasteiger partial charge in [0.1, 0.15) is 0 Å². The predicted molar refractivity (Wildman–Crippen MR) is 100 cm³/mol. The van der Waals surface area contributed by atoms with Gasteiger partial charge in [0.05, 0.1) is 0 Å². The second kappa shape index (κ2) is 7.81. The minimum absolute atomic E-state index is 0.599. The molecule has 24 heavy (non-hydrogen) atoms. The van der Waals surface area contributed by atoms with E-state index in [-0.39, 0.29) is 0 Å². The van der Waals surface area contributed by atoms with Crippen molar-refractivity contribution < 1.29 is 0 Å². The molecule has 1 aromatic heterocycles. The molecule has 2 saturated heterocycles. The molecule has 4 nitrogen and oxygen atoms in total. The zero-order valence-electron chi connectivity index (χ0n) is 15.9. The van der Waals surface area contributed by atoms with E-state index < -0.39 is 0 Å². The van der Waals surface area contributed by atoms with Crippen LogP contribution >= 0.6 is 0 Å². The van der Waals surface area contributed by atoms with Gasteiger partial charge in [-0.2, -0.15) is 0 Å². The highest BCUT2D eigenvalue weighted by molar-refractivity contribution is 5.38. The van der Waals surface area contributed by atoms with Crippen LogP contribution < -0.4 is 4.90 Å². The summed E-state index contributed by atoms with van der Waals surface area (Å²) in [5, 5.41) is 0. The molecule has 2 atom stereocenters. The topological polar surface area (TPSA) is 32.3 Å². The van der Waals surface area contributed by atoms with Crippen LogP contribution in [0.3, 0.4) is 0 Å². The summed E-state index contributed by atoms with van der Waals surface area (Å²) < 4.78 is 0. The van der Waals surface area contributed by atoms with Gasteiger partial charge in [-0.25, -0.2) is 9.97 Å². The first kappa shape index (κ1) is 17.7. The van der Waals surface area contributed by atoms with Gasteiger partial charge in [-0.1, -0.05) is 26.7 Å². The van der Waals surface area contributed by atoms with Gasteiger partial charge in [-0.05, 0) is 51.5 Å². The van der Waals surface area contributed by atoms with Crippen LogP contribution in [0.25, 0.3) is 0 Å². The lowest BCUT2D eigenvalue weighted by Crippen LogP contribution is -2.56. The molecule has 0 spiro atoms. The van der Waals surface area contributed by atoms with Gasteiger partial charge < -0.3 is 4.90 Å². The number of nitrogens with zero attached hydrogens (tertiary/aromatic N) is 4. The van der Waals surface area contributed by atoms with E-state index in [9.17, 15) is 0 Å². The summed E-state index contributed by atoms with van der Waals surface area (Å²) in [4.78, 5) is 14.7. The van der Waals surface area contributed by atoms with Gasteiger partial charge in [0.15, 0.2) is 0 Å². The fourth-order valence-corrected chi connectivity index (χ4v) is 4.19. The Bertz CT molecular complexity index is 514. The number of hydrogen-bond donors (Lipinski definition) is 0. The second-order valence-corrected chi connectivity index (χ2v) is 8.33. The molecular formula is C20H34N4. The van der Waals surface area contributed by atoms with E-state index in [0.29, 0.717) is 18.1 Å². The Morgan fingerprint density at radius 3 is 2.42 bits per heavy atom.